The fraction of sp³-hybridized carbons (Fsp3) is 0.500. The van der Waals surface area contributed by atoms with Crippen LogP contribution in [0.4, 0.5) is 10.3 Å². The molecule has 1 aromatic rings. The summed E-state index contributed by atoms with van der Waals surface area (Å²) in [7, 11) is 0. The van der Waals surface area contributed by atoms with Gasteiger partial charge in [-0.05, 0) is 0 Å². The van der Waals surface area contributed by atoms with Gasteiger partial charge < -0.3 is 4.90 Å². The number of anilines is 1. The van der Waals surface area contributed by atoms with Gasteiger partial charge in [-0.3, -0.25) is 0 Å². The zero-order valence-corrected chi connectivity index (χ0v) is 8.49. The van der Waals surface area contributed by atoms with Crippen LogP contribution in [0.1, 0.15) is 0 Å². The highest BCUT2D eigenvalue weighted by atomic mass is 32.1. The molecule has 0 aromatic carbocycles. The summed E-state index contributed by atoms with van der Waals surface area (Å²) in [4.78, 5) is 9.87. The van der Waals surface area contributed by atoms with Crippen molar-refractivity contribution in [1.82, 2.24) is 14.3 Å². The van der Waals surface area contributed by atoms with E-state index in [2.05, 4.69) is 22.8 Å². The third-order valence-corrected chi connectivity index (χ3v) is 2.55. The van der Waals surface area contributed by atoms with E-state index >= 15 is 0 Å². The lowest BCUT2D eigenvalue weighted by molar-refractivity contribution is 0.430. The van der Waals surface area contributed by atoms with Crippen LogP contribution in [0.15, 0.2) is 12.4 Å². The van der Waals surface area contributed by atoms with Gasteiger partial charge in [-0.2, -0.15) is 0 Å². The Bertz CT molecular complexity index is 297. The Morgan fingerprint density at radius 3 is 2.29 bits per heavy atom. The first-order valence-electron chi connectivity index (χ1n) is 4.42. The van der Waals surface area contributed by atoms with Crippen molar-refractivity contribution in [3.63, 3.8) is 0 Å². The van der Waals surface area contributed by atoms with E-state index in [1.54, 1.807) is 0 Å². The molecule has 1 aromatic heterocycles. The third kappa shape index (κ3) is 2.13. The molecule has 2 rings (SSSR count). The second-order valence-corrected chi connectivity index (χ2v) is 3.71. The number of piperazine rings is 1. The van der Waals surface area contributed by atoms with Crippen molar-refractivity contribution in [3.05, 3.63) is 18.2 Å². The van der Waals surface area contributed by atoms with Crippen molar-refractivity contribution in [1.29, 1.82) is 0 Å². The van der Waals surface area contributed by atoms with Crippen LogP contribution in [0, 0.1) is 5.82 Å². The maximum Gasteiger partial charge on any atom is 0.225 e. The van der Waals surface area contributed by atoms with E-state index in [9.17, 15) is 4.39 Å². The van der Waals surface area contributed by atoms with Gasteiger partial charge in [-0.15, -0.1) is 0 Å². The number of hydrogen-bond donors (Lipinski definition) is 1. The first-order valence-corrected chi connectivity index (χ1v) is 4.82. The van der Waals surface area contributed by atoms with Gasteiger partial charge in [0.05, 0.1) is 12.4 Å². The Balaban J connectivity index is 2.05. The Morgan fingerprint density at radius 2 is 1.71 bits per heavy atom. The average Bonchev–Trinajstić information content (AvgIpc) is 2.21. The van der Waals surface area contributed by atoms with E-state index in [0.717, 1.165) is 26.2 Å². The quantitative estimate of drug-likeness (QED) is 0.693. The molecule has 0 unspecified atom stereocenters. The molecule has 0 bridgehead atoms. The molecule has 0 N–H and O–H groups in total. The van der Waals surface area contributed by atoms with Gasteiger partial charge in [0.1, 0.15) is 0 Å². The van der Waals surface area contributed by atoms with Crippen molar-refractivity contribution in [2.24, 2.45) is 0 Å². The molecule has 76 valence electrons. The summed E-state index contributed by atoms with van der Waals surface area (Å²) >= 11 is 4.24. The lowest BCUT2D eigenvalue weighted by Gasteiger charge is -2.31. The maximum atomic E-state index is 12.6. The van der Waals surface area contributed by atoms with E-state index in [1.165, 1.54) is 12.4 Å². The Hall–Kier alpha value is -0.880. The Kier molecular flexibility index (Phi) is 2.83. The highest BCUT2D eigenvalue weighted by molar-refractivity contribution is 7.77. The maximum absolute atomic E-state index is 12.6. The third-order valence-electron chi connectivity index (χ3n) is 2.15. The predicted octanol–water partition coefficient (Wildman–Crippen LogP) is 0.583. The summed E-state index contributed by atoms with van der Waals surface area (Å²) in [5.41, 5.74) is 0. The van der Waals surface area contributed by atoms with Crippen LogP contribution in [0.25, 0.3) is 0 Å². The van der Waals surface area contributed by atoms with Crippen molar-refractivity contribution < 1.29 is 4.39 Å². The standard InChI is InChI=1S/C8H11FN4S/c9-7-5-10-8(11-6-7)12-1-3-13(14)4-2-12/h5-6,14H,1-4H2. The number of hydrogen-bond acceptors (Lipinski definition) is 5. The monoisotopic (exact) mass is 214 g/mol. The Morgan fingerprint density at radius 1 is 1.14 bits per heavy atom. The number of halogens is 1. The molecule has 0 aliphatic carbocycles. The summed E-state index contributed by atoms with van der Waals surface area (Å²) in [5, 5.41) is 0. The lowest BCUT2D eigenvalue weighted by Crippen LogP contribution is -2.43. The van der Waals surface area contributed by atoms with Crippen LogP contribution < -0.4 is 4.90 Å². The molecular weight excluding hydrogens is 203 g/mol. The second kappa shape index (κ2) is 4.10. The van der Waals surface area contributed by atoms with Gasteiger partial charge in [-0.25, -0.2) is 18.7 Å². The first kappa shape index (κ1) is 9.67. The topological polar surface area (TPSA) is 32.3 Å². The molecule has 14 heavy (non-hydrogen) atoms. The predicted molar refractivity (Wildman–Crippen MR) is 54.8 cm³/mol. The lowest BCUT2D eigenvalue weighted by atomic mass is 10.4. The largest absolute Gasteiger partial charge is 0.338 e. The molecule has 1 aliphatic rings. The second-order valence-electron chi connectivity index (χ2n) is 3.14. The molecule has 1 fully saturated rings. The van der Waals surface area contributed by atoms with Crippen LogP contribution >= 0.6 is 12.8 Å². The van der Waals surface area contributed by atoms with Gasteiger partial charge >= 0.3 is 0 Å². The first-order chi connectivity index (χ1) is 6.75. The molecule has 2 heterocycles. The molecular formula is C8H11FN4S. The van der Waals surface area contributed by atoms with Crippen LogP contribution in [0.2, 0.25) is 0 Å². The highest BCUT2D eigenvalue weighted by Gasteiger charge is 2.16. The van der Waals surface area contributed by atoms with Crippen LogP contribution in [-0.2, 0) is 0 Å². The van der Waals surface area contributed by atoms with Gasteiger partial charge in [0, 0.05) is 26.2 Å². The molecule has 0 radical (unpaired) electrons. The fourth-order valence-electron chi connectivity index (χ4n) is 1.36. The summed E-state index contributed by atoms with van der Waals surface area (Å²) in [6, 6.07) is 0. The van der Waals surface area contributed by atoms with Gasteiger partial charge in [-0.1, -0.05) is 12.8 Å². The van der Waals surface area contributed by atoms with Crippen LogP contribution in [-0.4, -0.2) is 40.5 Å². The normalized spacial score (nSPS) is 18.6. The van der Waals surface area contributed by atoms with Crippen molar-refractivity contribution in [2.75, 3.05) is 31.1 Å². The molecule has 1 saturated heterocycles. The number of thiol groups is 1. The molecule has 0 spiro atoms. The van der Waals surface area contributed by atoms with E-state index < -0.39 is 5.82 Å². The average molecular weight is 214 g/mol. The molecule has 0 saturated carbocycles. The highest BCUT2D eigenvalue weighted by Crippen LogP contribution is 2.10. The van der Waals surface area contributed by atoms with E-state index in [4.69, 9.17) is 0 Å². The summed E-state index contributed by atoms with van der Waals surface area (Å²) in [6.07, 6.45) is 2.38. The van der Waals surface area contributed by atoms with Gasteiger partial charge in [0.25, 0.3) is 0 Å². The molecule has 4 nitrogen and oxygen atoms in total. The molecule has 6 heteroatoms. The SMILES string of the molecule is Fc1cnc(N2CCN(S)CC2)nc1. The van der Waals surface area contributed by atoms with Gasteiger partial charge in [0.2, 0.25) is 5.95 Å². The van der Waals surface area contributed by atoms with Gasteiger partial charge in [0.15, 0.2) is 5.82 Å². The van der Waals surface area contributed by atoms with E-state index in [0.29, 0.717) is 5.95 Å². The minimum atomic E-state index is -0.401. The zero-order valence-electron chi connectivity index (χ0n) is 7.60. The number of nitrogens with zero attached hydrogens (tertiary/aromatic N) is 4. The van der Waals surface area contributed by atoms with Crippen molar-refractivity contribution in [3.8, 4) is 0 Å². The summed E-state index contributed by atoms with van der Waals surface area (Å²) in [6.45, 7) is 3.39. The van der Waals surface area contributed by atoms with Crippen molar-refractivity contribution >= 4 is 18.8 Å². The summed E-state index contributed by atoms with van der Waals surface area (Å²) in [5.74, 6) is 0.189. The summed E-state index contributed by atoms with van der Waals surface area (Å²) < 4.78 is 14.5. The van der Waals surface area contributed by atoms with Crippen LogP contribution in [0.3, 0.4) is 0 Å². The Labute approximate surface area is 87.3 Å². The number of aromatic nitrogens is 2. The van der Waals surface area contributed by atoms with E-state index in [1.807, 2.05) is 9.21 Å². The van der Waals surface area contributed by atoms with Crippen molar-refractivity contribution in [2.45, 2.75) is 0 Å². The molecule has 0 amide bonds. The van der Waals surface area contributed by atoms with Crippen LogP contribution in [0.5, 0.6) is 0 Å². The minimum Gasteiger partial charge on any atom is -0.338 e. The smallest absolute Gasteiger partial charge is 0.225 e. The molecule has 0 atom stereocenters. The minimum absolute atomic E-state index is 0.401. The zero-order chi connectivity index (χ0) is 9.97. The number of rotatable bonds is 1. The van der Waals surface area contributed by atoms with E-state index in [-0.39, 0.29) is 0 Å². The molecule has 1 aliphatic heterocycles. The fourth-order valence-corrected chi connectivity index (χ4v) is 1.54.